The molecule has 1 saturated heterocycles. The number of methoxy groups -OCH3 is 2. The van der Waals surface area contributed by atoms with Crippen LogP contribution in [0.3, 0.4) is 0 Å². The van der Waals surface area contributed by atoms with Crippen molar-refractivity contribution in [3.63, 3.8) is 0 Å². The molecule has 1 fully saturated rings. The summed E-state index contributed by atoms with van der Waals surface area (Å²) in [5.41, 5.74) is 1.18. The highest BCUT2D eigenvalue weighted by Gasteiger charge is 2.24. The molecule has 0 bridgehead atoms. The van der Waals surface area contributed by atoms with Crippen molar-refractivity contribution in [2.24, 2.45) is 4.99 Å². The molecule has 1 aromatic carbocycles. The predicted octanol–water partition coefficient (Wildman–Crippen LogP) is 2.22. The molecule has 0 radical (unpaired) electrons. The molecule has 9 heteroatoms. The number of hydrogen-bond acceptors (Lipinski definition) is 6. The molecule has 2 rings (SSSR count). The van der Waals surface area contributed by atoms with E-state index >= 15 is 0 Å². The Morgan fingerprint density at radius 2 is 1.93 bits per heavy atom. The number of nitrogens with one attached hydrogen (secondary N) is 2. The van der Waals surface area contributed by atoms with Crippen LogP contribution in [0.1, 0.15) is 11.6 Å². The molecular formula is C19H33IN4O3S. The van der Waals surface area contributed by atoms with Gasteiger partial charge in [-0.3, -0.25) is 9.89 Å². The standard InChI is InChI=1S/C19H32N4O3S.HI/c1-20-19(21-7-12-27-4)22-14-16(23-8-10-26-11-9-23)15-5-6-17(24-2)18(13-15)25-3;/h5-6,13,16H,7-12,14H2,1-4H3,(H2,20,21,22);1H. The molecule has 0 aliphatic carbocycles. The van der Waals surface area contributed by atoms with Gasteiger partial charge in [0.2, 0.25) is 0 Å². The second-order valence-electron chi connectivity index (χ2n) is 6.15. The summed E-state index contributed by atoms with van der Waals surface area (Å²) in [5, 5.41) is 6.82. The number of benzene rings is 1. The fraction of sp³-hybridized carbons (Fsp3) is 0.632. The first-order chi connectivity index (χ1) is 13.2. The number of morpholine rings is 1. The van der Waals surface area contributed by atoms with Gasteiger partial charge < -0.3 is 24.8 Å². The topological polar surface area (TPSA) is 67.4 Å². The quantitative estimate of drug-likeness (QED) is 0.222. The fourth-order valence-electron chi connectivity index (χ4n) is 3.09. The Bertz CT molecular complexity index is 601. The van der Waals surface area contributed by atoms with E-state index in [4.69, 9.17) is 14.2 Å². The summed E-state index contributed by atoms with van der Waals surface area (Å²) in [6.07, 6.45) is 2.10. The summed E-state index contributed by atoms with van der Waals surface area (Å²) in [6.45, 7) is 4.95. The van der Waals surface area contributed by atoms with Crippen molar-refractivity contribution >= 4 is 41.7 Å². The second kappa shape index (κ2) is 14.1. The second-order valence-corrected chi connectivity index (χ2v) is 7.14. The highest BCUT2D eigenvalue weighted by atomic mass is 127. The van der Waals surface area contributed by atoms with E-state index in [0.717, 1.165) is 62.6 Å². The van der Waals surface area contributed by atoms with E-state index in [1.54, 1.807) is 21.3 Å². The van der Waals surface area contributed by atoms with Gasteiger partial charge in [0.15, 0.2) is 17.5 Å². The van der Waals surface area contributed by atoms with Crippen LogP contribution in [0.25, 0.3) is 0 Å². The van der Waals surface area contributed by atoms with E-state index in [0.29, 0.717) is 0 Å². The minimum absolute atomic E-state index is 0. The molecule has 2 N–H and O–H groups in total. The van der Waals surface area contributed by atoms with Crippen molar-refractivity contribution in [1.82, 2.24) is 15.5 Å². The SMILES string of the molecule is CN=C(NCCSC)NCC(c1ccc(OC)c(OC)c1)N1CCOCC1.I. The lowest BCUT2D eigenvalue weighted by Crippen LogP contribution is -2.46. The number of rotatable bonds is 9. The van der Waals surface area contributed by atoms with Crippen molar-refractivity contribution in [2.45, 2.75) is 6.04 Å². The third-order valence-electron chi connectivity index (χ3n) is 4.56. The van der Waals surface area contributed by atoms with Crippen LogP contribution in [0.4, 0.5) is 0 Å². The smallest absolute Gasteiger partial charge is 0.191 e. The van der Waals surface area contributed by atoms with E-state index in [-0.39, 0.29) is 30.0 Å². The van der Waals surface area contributed by atoms with Crippen LogP contribution in [-0.4, -0.2) is 83.5 Å². The van der Waals surface area contributed by atoms with E-state index in [9.17, 15) is 0 Å². The molecule has 1 heterocycles. The van der Waals surface area contributed by atoms with Gasteiger partial charge in [0.05, 0.1) is 33.5 Å². The van der Waals surface area contributed by atoms with Gasteiger partial charge in [-0.05, 0) is 24.0 Å². The molecule has 160 valence electrons. The number of hydrogen-bond donors (Lipinski definition) is 2. The predicted molar refractivity (Wildman–Crippen MR) is 128 cm³/mol. The lowest BCUT2D eigenvalue weighted by Gasteiger charge is -2.35. The molecule has 0 aromatic heterocycles. The molecule has 0 spiro atoms. The maximum absolute atomic E-state index is 5.53. The van der Waals surface area contributed by atoms with Gasteiger partial charge in [-0.2, -0.15) is 11.8 Å². The zero-order chi connectivity index (χ0) is 19.5. The third kappa shape index (κ3) is 7.49. The molecule has 1 aliphatic heterocycles. The highest BCUT2D eigenvalue weighted by Crippen LogP contribution is 2.32. The van der Waals surface area contributed by atoms with Crippen molar-refractivity contribution < 1.29 is 14.2 Å². The molecule has 1 aromatic rings. The van der Waals surface area contributed by atoms with Gasteiger partial charge in [0, 0.05) is 39.0 Å². The number of nitrogens with zero attached hydrogens (tertiary/aromatic N) is 2. The summed E-state index contributed by atoms with van der Waals surface area (Å²) in [4.78, 5) is 6.77. The molecule has 28 heavy (non-hydrogen) atoms. The Labute approximate surface area is 190 Å². The van der Waals surface area contributed by atoms with Gasteiger partial charge in [-0.15, -0.1) is 24.0 Å². The van der Waals surface area contributed by atoms with Crippen LogP contribution < -0.4 is 20.1 Å². The summed E-state index contributed by atoms with van der Waals surface area (Å²) < 4.78 is 16.4. The number of thioether (sulfide) groups is 1. The Hall–Kier alpha value is -0.910. The molecule has 0 amide bonds. The Morgan fingerprint density at radius 3 is 2.54 bits per heavy atom. The van der Waals surface area contributed by atoms with E-state index in [1.807, 2.05) is 17.8 Å². The lowest BCUT2D eigenvalue weighted by atomic mass is 10.0. The molecule has 0 saturated carbocycles. The molecule has 1 atom stereocenters. The molecule has 7 nitrogen and oxygen atoms in total. The average Bonchev–Trinajstić information content (AvgIpc) is 2.73. The summed E-state index contributed by atoms with van der Waals surface area (Å²) in [5.74, 6) is 3.35. The first kappa shape index (κ1) is 25.1. The van der Waals surface area contributed by atoms with E-state index in [2.05, 4.69) is 38.9 Å². The monoisotopic (exact) mass is 524 g/mol. The zero-order valence-corrected chi connectivity index (χ0v) is 20.3. The maximum Gasteiger partial charge on any atom is 0.191 e. The lowest BCUT2D eigenvalue weighted by molar-refractivity contribution is 0.0169. The van der Waals surface area contributed by atoms with Crippen molar-refractivity contribution in [2.75, 3.05) is 72.7 Å². The zero-order valence-electron chi connectivity index (χ0n) is 17.2. The minimum Gasteiger partial charge on any atom is -0.493 e. The Kier molecular flexibility index (Phi) is 12.7. The normalized spacial score (nSPS) is 16.1. The van der Waals surface area contributed by atoms with E-state index < -0.39 is 0 Å². The fourth-order valence-corrected chi connectivity index (χ4v) is 3.40. The first-order valence-electron chi connectivity index (χ1n) is 9.20. The summed E-state index contributed by atoms with van der Waals surface area (Å²) in [6, 6.07) is 6.32. The van der Waals surface area contributed by atoms with Crippen LogP contribution in [-0.2, 0) is 4.74 Å². The highest BCUT2D eigenvalue weighted by molar-refractivity contribution is 14.0. The first-order valence-corrected chi connectivity index (χ1v) is 10.6. The van der Waals surface area contributed by atoms with Crippen LogP contribution in [0.2, 0.25) is 0 Å². The minimum atomic E-state index is 0. The number of halogens is 1. The van der Waals surface area contributed by atoms with Crippen LogP contribution >= 0.6 is 35.7 Å². The van der Waals surface area contributed by atoms with Gasteiger partial charge in [0.25, 0.3) is 0 Å². The molecule has 1 aliphatic rings. The van der Waals surface area contributed by atoms with Crippen molar-refractivity contribution in [1.29, 1.82) is 0 Å². The van der Waals surface area contributed by atoms with Gasteiger partial charge in [-0.1, -0.05) is 6.07 Å². The van der Waals surface area contributed by atoms with Crippen LogP contribution in [0, 0.1) is 0 Å². The Balaban J connectivity index is 0.00000392. The van der Waals surface area contributed by atoms with Gasteiger partial charge in [-0.25, -0.2) is 0 Å². The Morgan fingerprint density at radius 1 is 1.21 bits per heavy atom. The third-order valence-corrected chi connectivity index (χ3v) is 5.18. The largest absolute Gasteiger partial charge is 0.493 e. The average molecular weight is 524 g/mol. The van der Waals surface area contributed by atoms with Crippen molar-refractivity contribution in [3.8, 4) is 11.5 Å². The summed E-state index contributed by atoms with van der Waals surface area (Å²) in [7, 11) is 5.12. The van der Waals surface area contributed by atoms with Crippen LogP contribution in [0.5, 0.6) is 11.5 Å². The maximum atomic E-state index is 5.53. The van der Waals surface area contributed by atoms with Gasteiger partial charge >= 0.3 is 0 Å². The summed E-state index contributed by atoms with van der Waals surface area (Å²) >= 11 is 1.81. The number of guanidine groups is 1. The number of ether oxygens (including phenoxy) is 3. The number of aliphatic imine (C=N–C) groups is 1. The van der Waals surface area contributed by atoms with Gasteiger partial charge in [0.1, 0.15) is 0 Å². The van der Waals surface area contributed by atoms with Crippen LogP contribution in [0.15, 0.2) is 23.2 Å². The van der Waals surface area contributed by atoms with E-state index in [1.165, 1.54) is 5.56 Å². The molecule has 1 unspecified atom stereocenters. The molecular weight excluding hydrogens is 491 g/mol. The van der Waals surface area contributed by atoms with Crippen molar-refractivity contribution in [3.05, 3.63) is 23.8 Å².